The van der Waals surface area contributed by atoms with Crippen LogP contribution in [0, 0.1) is 5.92 Å². The maximum atomic E-state index is 13.0. The summed E-state index contributed by atoms with van der Waals surface area (Å²) >= 11 is 1.30. The van der Waals surface area contributed by atoms with E-state index in [0.717, 1.165) is 22.9 Å². The average molecular weight is 385 g/mol. The molecular weight excluding hydrogens is 366 g/mol. The quantitative estimate of drug-likeness (QED) is 0.510. The lowest BCUT2D eigenvalue weighted by Gasteiger charge is -2.31. The molecule has 0 N–H and O–H groups in total. The Labute approximate surface area is 159 Å². The zero-order valence-electron chi connectivity index (χ0n) is 14.9. The molecule has 7 heteroatoms. The summed E-state index contributed by atoms with van der Waals surface area (Å²) in [6.45, 7) is 3.05. The van der Waals surface area contributed by atoms with Crippen molar-refractivity contribution >= 4 is 44.3 Å². The van der Waals surface area contributed by atoms with Crippen LogP contribution in [0.3, 0.4) is 0 Å². The van der Waals surface area contributed by atoms with Crippen LogP contribution in [-0.2, 0) is 9.53 Å². The van der Waals surface area contributed by atoms with Crippen molar-refractivity contribution in [1.29, 1.82) is 0 Å². The maximum Gasteiger partial charge on any atom is 0.345 e. The molecule has 1 saturated heterocycles. The minimum absolute atomic E-state index is 0.159. The highest BCUT2D eigenvalue weighted by Gasteiger charge is 2.30. The number of benzene rings is 1. The summed E-state index contributed by atoms with van der Waals surface area (Å²) in [6, 6.07) is 8.90. The van der Waals surface area contributed by atoms with Crippen molar-refractivity contribution < 1.29 is 18.7 Å². The Kier molecular flexibility index (Phi) is 4.70. The highest BCUT2D eigenvalue weighted by atomic mass is 32.1. The molecule has 6 nitrogen and oxygen atoms in total. The smallest absolute Gasteiger partial charge is 0.345 e. The number of thiophene rings is 1. The van der Waals surface area contributed by atoms with Gasteiger partial charge in [0.25, 0.3) is 5.91 Å². The Morgan fingerprint density at radius 2 is 2.11 bits per heavy atom. The molecule has 1 aromatic carbocycles. The number of para-hydroxylation sites is 1. The Morgan fingerprint density at radius 1 is 1.30 bits per heavy atom. The number of fused-ring (bicyclic) bond motifs is 3. The zero-order valence-corrected chi connectivity index (χ0v) is 15.7. The van der Waals surface area contributed by atoms with E-state index in [1.165, 1.54) is 11.3 Å². The number of hydrogen-bond acceptors (Lipinski definition) is 6. The minimum Gasteiger partial charge on any atom is -0.466 e. The van der Waals surface area contributed by atoms with Gasteiger partial charge in [0.15, 0.2) is 0 Å². The summed E-state index contributed by atoms with van der Waals surface area (Å²) in [6.07, 6.45) is 1.48. The lowest BCUT2D eigenvalue weighted by atomic mass is 9.98. The first-order valence-corrected chi connectivity index (χ1v) is 9.81. The van der Waals surface area contributed by atoms with Crippen LogP contribution in [0.2, 0.25) is 0 Å². The minimum atomic E-state index is -0.443. The number of carbonyl (C=O) groups is 2. The van der Waals surface area contributed by atoms with Crippen molar-refractivity contribution in [2.75, 3.05) is 19.7 Å². The third-order valence-corrected chi connectivity index (χ3v) is 5.98. The number of esters is 1. The van der Waals surface area contributed by atoms with Crippen molar-refractivity contribution in [3.63, 3.8) is 0 Å². The topological polar surface area (TPSA) is 76.8 Å². The van der Waals surface area contributed by atoms with Crippen molar-refractivity contribution in [1.82, 2.24) is 4.90 Å². The normalized spacial score (nSPS) is 17.4. The van der Waals surface area contributed by atoms with Gasteiger partial charge in [0.1, 0.15) is 5.58 Å². The standard InChI is InChI=1S/C20H19NO5S/c1-2-25-19(23)12-6-5-9-21(11-12)18(22)16-10-14-17(27-16)13-7-3-4-8-15(13)26-20(14)24/h3-4,7-8,10,12H,2,5-6,9,11H2,1H3. The Balaban J connectivity index is 1.67. The summed E-state index contributed by atoms with van der Waals surface area (Å²) in [5.41, 5.74) is 0.0678. The van der Waals surface area contributed by atoms with Crippen LogP contribution in [0.1, 0.15) is 29.4 Å². The van der Waals surface area contributed by atoms with Crippen molar-refractivity contribution in [2.45, 2.75) is 19.8 Å². The molecule has 1 aliphatic heterocycles. The zero-order chi connectivity index (χ0) is 19.0. The molecule has 27 heavy (non-hydrogen) atoms. The number of ether oxygens (including phenoxy) is 1. The molecule has 0 bridgehead atoms. The van der Waals surface area contributed by atoms with Gasteiger partial charge < -0.3 is 14.1 Å². The molecule has 0 spiro atoms. The molecule has 3 aromatic rings. The monoisotopic (exact) mass is 385 g/mol. The van der Waals surface area contributed by atoms with E-state index in [-0.39, 0.29) is 17.8 Å². The largest absolute Gasteiger partial charge is 0.466 e. The molecule has 4 rings (SSSR count). The van der Waals surface area contributed by atoms with Crippen LogP contribution in [-0.4, -0.2) is 36.5 Å². The molecule has 1 aliphatic rings. The van der Waals surface area contributed by atoms with E-state index < -0.39 is 5.63 Å². The summed E-state index contributed by atoms with van der Waals surface area (Å²) in [5, 5.41) is 1.24. The lowest BCUT2D eigenvalue weighted by Crippen LogP contribution is -2.42. The second kappa shape index (κ2) is 7.15. The summed E-state index contributed by atoms with van der Waals surface area (Å²) in [5.74, 6) is -0.699. The van der Waals surface area contributed by atoms with Gasteiger partial charge in [0.2, 0.25) is 0 Å². The van der Waals surface area contributed by atoms with Gasteiger partial charge in [0, 0.05) is 18.5 Å². The van der Waals surface area contributed by atoms with Crippen LogP contribution in [0.4, 0.5) is 0 Å². The van der Waals surface area contributed by atoms with Crippen LogP contribution in [0.5, 0.6) is 0 Å². The number of piperidine rings is 1. The van der Waals surface area contributed by atoms with Crippen LogP contribution in [0.25, 0.3) is 21.1 Å². The predicted molar refractivity (Wildman–Crippen MR) is 103 cm³/mol. The number of nitrogens with zero attached hydrogens (tertiary/aromatic N) is 1. The van der Waals surface area contributed by atoms with Gasteiger partial charge in [0.05, 0.1) is 27.5 Å². The Hall–Kier alpha value is -2.67. The first-order valence-electron chi connectivity index (χ1n) is 8.99. The Morgan fingerprint density at radius 3 is 2.93 bits per heavy atom. The number of rotatable bonds is 3. The van der Waals surface area contributed by atoms with E-state index in [9.17, 15) is 14.4 Å². The fourth-order valence-electron chi connectivity index (χ4n) is 3.52. The molecule has 0 saturated carbocycles. The van der Waals surface area contributed by atoms with Gasteiger partial charge >= 0.3 is 11.6 Å². The predicted octanol–water partition coefficient (Wildman–Crippen LogP) is 3.42. The van der Waals surface area contributed by atoms with E-state index in [4.69, 9.17) is 9.15 Å². The second-order valence-electron chi connectivity index (χ2n) is 6.58. The number of likely N-dealkylation sites (tertiary alicyclic amines) is 1. The van der Waals surface area contributed by atoms with Crippen LogP contribution < -0.4 is 5.63 Å². The first-order chi connectivity index (χ1) is 13.1. The van der Waals surface area contributed by atoms with Gasteiger partial charge in [-0.05, 0) is 38.0 Å². The molecule has 1 atom stereocenters. The second-order valence-corrected chi connectivity index (χ2v) is 7.63. The molecule has 1 amide bonds. The Bertz CT molecular complexity index is 1080. The van der Waals surface area contributed by atoms with Crippen molar-refractivity contribution in [2.24, 2.45) is 5.92 Å². The highest BCUT2D eigenvalue weighted by Crippen LogP contribution is 2.32. The fraction of sp³-hybridized carbons (Fsp3) is 0.350. The van der Waals surface area contributed by atoms with E-state index in [1.54, 1.807) is 30.0 Å². The molecule has 0 aliphatic carbocycles. The third kappa shape index (κ3) is 3.23. The average Bonchev–Trinajstić information content (AvgIpc) is 3.14. The molecule has 3 heterocycles. The van der Waals surface area contributed by atoms with Gasteiger partial charge in [-0.25, -0.2) is 4.79 Å². The lowest BCUT2D eigenvalue weighted by molar-refractivity contribution is -0.149. The van der Waals surface area contributed by atoms with E-state index in [1.807, 2.05) is 12.1 Å². The first kappa shape index (κ1) is 17.7. The summed E-state index contributed by atoms with van der Waals surface area (Å²) < 4.78 is 11.2. The molecule has 0 radical (unpaired) electrons. The van der Waals surface area contributed by atoms with Crippen LogP contribution in [0.15, 0.2) is 39.5 Å². The van der Waals surface area contributed by atoms with Gasteiger partial charge in [-0.1, -0.05) is 12.1 Å². The third-order valence-electron chi connectivity index (χ3n) is 4.83. The fourth-order valence-corrected chi connectivity index (χ4v) is 4.66. The number of amides is 1. The summed E-state index contributed by atoms with van der Waals surface area (Å²) in [7, 11) is 0. The molecule has 140 valence electrons. The molecule has 1 unspecified atom stereocenters. The summed E-state index contributed by atoms with van der Waals surface area (Å²) in [4.78, 5) is 39.5. The maximum absolute atomic E-state index is 13.0. The van der Waals surface area contributed by atoms with Crippen molar-refractivity contribution in [3.05, 3.63) is 45.6 Å². The molecule has 1 fully saturated rings. The molecule has 2 aromatic heterocycles. The SMILES string of the molecule is CCOC(=O)C1CCCN(C(=O)c2cc3c(=O)oc4ccccc4c3s2)C1. The van der Waals surface area contributed by atoms with Gasteiger partial charge in [-0.3, -0.25) is 9.59 Å². The number of hydrogen-bond donors (Lipinski definition) is 0. The van der Waals surface area contributed by atoms with E-state index >= 15 is 0 Å². The van der Waals surface area contributed by atoms with E-state index in [0.29, 0.717) is 35.5 Å². The van der Waals surface area contributed by atoms with Gasteiger partial charge in [-0.15, -0.1) is 11.3 Å². The van der Waals surface area contributed by atoms with Gasteiger partial charge in [-0.2, -0.15) is 0 Å². The van der Waals surface area contributed by atoms with Crippen LogP contribution >= 0.6 is 11.3 Å². The highest BCUT2D eigenvalue weighted by molar-refractivity contribution is 7.21. The molecular formula is C20H19NO5S. The van der Waals surface area contributed by atoms with E-state index in [2.05, 4.69) is 0 Å². The number of carbonyl (C=O) groups excluding carboxylic acids is 2. The van der Waals surface area contributed by atoms with Crippen molar-refractivity contribution in [3.8, 4) is 0 Å².